The number of amides is 2. The summed E-state index contributed by atoms with van der Waals surface area (Å²) in [5.41, 5.74) is 2.15. The van der Waals surface area contributed by atoms with E-state index in [1.54, 1.807) is 12.1 Å². The quantitative estimate of drug-likeness (QED) is 0.761. The van der Waals surface area contributed by atoms with Gasteiger partial charge in [-0.1, -0.05) is 50.1 Å². The molecule has 2 N–H and O–H groups in total. The number of hydrogen-bond donors (Lipinski definition) is 2. The van der Waals surface area contributed by atoms with Crippen molar-refractivity contribution >= 4 is 11.8 Å². The van der Waals surface area contributed by atoms with Crippen LogP contribution < -0.4 is 5.32 Å². The molecule has 0 aliphatic rings. The molecule has 2 amide bonds. The summed E-state index contributed by atoms with van der Waals surface area (Å²) in [5.74, 6) is -0.568. The summed E-state index contributed by atoms with van der Waals surface area (Å²) in [4.78, 5) is 24.3. The zero-order valence-corrected chi connectivity index (χ0v) is 13.9. The average molecular weight is 325 g/mol. The van der Waals surface area contributed by atoms with Crippen molar-refractivity contribution in [2.75, 3.05) is 0 Å². The Labute approximate surface area is 142 Å². The van der Waals surface area contributed by atoms with Gasteiger partial charge in [-0.2, -0.15) is 0 Å². The van der Waals surface area contributed by atoms with Gasteiger partial charge in [0.05, 0.1) is 0 Å². The van der Waals surface area contributed by atoms with Crippen molar-refractivity contribution in [1.29, 1.82) is 0 Å². The second-order valence-corrected chi connectivity index (χ2v) is 5.84. The summed E-state index contributed by atoms with van der Waals surface area (Å²) in [6.45, 7) is 2.06. The SMILES string of the molecule is CCCCCC(=O)NC(=O)c1ccc(O)cc1Cc1ccccc1. The van der Waals surface area contributed by atoms with E-state index in [2.05, 4.69) is 12.2 Å². The van der Waals surface area contributed by atoms with E-state index in [0.717, 1.165) is 24.8 Å². The van der Waals surface area contributed by atoms with Crippen LogP contribution in [0.4, 0.5) is 0 Å². The van der Waals surface area contributed by atoms with E-state index in [9.17, 15) is 14.7 Å². The van der Waals surface area contributed by atoms with Crippen LogP contribution in [0.15, 0.2) is 48.5 Å². The number of unbranched alkanes of at least 4 members (excludes halogenated alkanes) is 2. The minimum absolute atomic E-state index is 0.103. The first-order valence-corrected chi connectivity index (χ1v) is 8.30. The molecule has 4 heteroatoms. The van der Waals surface area contributed by atoms with Crippen LogP contribution in [-0.2, 0) is 11.2 Å². The maximum atomic E-state index is 12.4. The van der Waals surface area contributed by atoms with E-state index in [0.29, 0.717) is 24.0 Å². The van der Waals surface area contributed by atoms with Gasteiger partial charge in [-0.25, -0.2) is 0 Å². The summed E-state index contributed by atoms with van der Waals surface area (Å²) >= 11 is 0. The monoisotopic (exact) mass is 325 g/mol. The molecule has 0 bridgehead atoms. The fourth-order valence-electron chi connectivity index (χ4n) is 2.56. The van der Waals surface area contributed by atoms with Crippen molar-refractivity contribution in [2.24, 2.45) is 0 Å². The number of aromatic hydroxyl groups is 1. The first-order valence-electron chi connectivity index (χ1n) is 8.30. The molecule has 0 radical (unpaired) electrons. The molecule has 2 aromatic rings. The summed E-state index contributed by atoms with van der Waals surface area (Å²) in [6.07, 6.45) is 3.65. The van der Waals surface area contributed by atoms with Gasteiger partial charge in [0.15, 0.2) is 0 Å². The Hall–Kier alpha value is -2.62. The molecule has 24 heavy (non-hydrogen) atoms. The maximum absolute atomic E-state index is 12.4. The highest BCUT2D eigenvalue weighted by Crippen LogP contribution is 2.20. The molecular weight excluding hydrogens is 302 g/mol. The Morgan fingerprint density at radius 2 is 1.79 bits per heavy atom. The lowest BCUT2D eigenvalue weighted by Crippen LogP contribution is -2.31. The van der Waals surface area contributed by atoms with Gasteiger partial charge in [-0.3, -0.25) is 14.9 Å². The Balaban J connectivity index is 2.11. The molecule has 0 aromatic heterocycles. The van der Waals surface area contributed by atoms with Crippen LogP contribution in [0.2, 0.25) is 0 Å². The Kier molecular flexibility index (Phi) is 6.55. The highest BCUT2D eigenvalue weighted by molar-refractivity contribution is 6.05. The van der Waals surface area contributed by atoms with Gasteiger partial charge in [0.25, 0.3) is 5.91 Å². The highest BCUT2D eigenvalue weighted by atomic mass is 16.3. The van der Waals surface area contributed by atoms with Gasteiger partial charge < -0.3 is 5.11 Å². The van der Waals surface area contributed by atoms with E-state index in [4.69, 9.17) is 0 Å². The lowest BCUT2D eigenvalue weighted by atomic mass is 9.99. The van der Waals surface area contributed by atoms with Crippen molar-refractivity contribution < 1.29 is 14.7 Å². The fourth-order valence-corrected chi connectivity index (χ4v) is 2.56. The topological polar surface area (TPSA) is 66.4 Å². The zero-order chi connectivity index (χ0) is 17.4. The zero-order valence-electron chi connectivity index (χ0n) is 13.9. The Morgan fingerprint density at radius 3 is 2.50 bits per heavy atom. The van der Waals surface area contributed by atoms with Crippen LogP contribution in [-0.4, -0.2) is 16.9 Å². The number of phenols is 1. The van der Waals surface area contributed by atoms with E-state index in [1.807, 2.05) is 30.3 Å². The predicted molar refractivity (Wildman–Crippen MR) is 94.0 cm³/mol. The number of benzene rings is 2. The number of nitrogens with one attached hydrogen (secondary N) is 1. The van der Waals surface area contributed by atoms with E-state index < -0.39 is 5.91 Å². The standard InChI is InChI=1S/C20H23NO3/c1-2-3-5-10-19(23)21-20(24)18-12-11-17(22)14-16(18)13-15-8-6-4-7-9-15/h4,6-9,11-12,14,22H,2-3,5,10,13H2,1H3,(H,21,23,24). The number of imide groups is 1. The number of carbonyl (C=O) groups excluding carboxylic acids is 2. The van der Waals surface area contributed by atoms with Gasteiger partial charge in [-0.05, 0) is 42.2 Å². The van der Waals surface area contributed by atoms with Crippen molar-refractivity contribution in [3.8, 4) is 5.75 Å². The maximum Gasteiger partial charge on any atom is 0.258 e. The molecular formula is C20H23NO3. The van der Waals surface area contributed by atoms with Crippen LogP contribution in [0.25, 0.3) is 0 Å². The number of phenolic OH excluding ortho intramolecular Hbond substituents is 1. The molecule has 0 spiro atoms. The predicted octanol–water partition coefficient (Wildman–Crippen LogP) is 3.82. The molecule has 2 aromatic carbocycles. The molecule has 2 rings (SSSR count). The fraction of sp³-hybridized carbons (Fsp3) is 0.300. The van der Waals surface area contributed by atoms with Crippen molar-refractivity contribution in [3.63, 3.8) is 0 Å². The second-order valence-electron chi connectivity index (χ2n) is 5.84. The van der Waals surface area contributed by atoms with Crippen LogP contribution in [0.3, 0.4) is 0 Å². The molecule has 0 atom stereocenters. The van der Waals surface area contributed by atoms with Gasteiger partial charge in [0.2, 0.25) is 5.91 Å². The average Bonchev–Trinajstić information content (AvgIpc) is 2.56. The summed E-state index contributed by atoms with van der Waals surface area (Å²) in [5, 5.41) is 12.2. The minimum atomic E-state index is -0.414. The molecule has 0 fully saturated rings. The van der Waals surface area contributed by atoms with E-state index >= 15 is 0 Å². The molecule has 4 nitrogen and oxygen atoms in total. The van der Waals surface area contributed by atoms with Gasteiger partial charge in [0.1, 0.15) is 5.75 Å². The smallest absolute Gasteiger partial charge is 0.258 e. The van der Waals surface area contributed by atoms with Crippen LogP contribution in [0, 0.1) is 0 Å². The third kappa shape index (κ3) is 5.23. The van der Waals surface area contributed by atoms with Gasteiger partial charge in [-0.15, -0.1) is 0 Å². The Morgan fingerprint density at radius 1 is 1.04 bits per heavy atom. The number of hydrogen-bond acceptors (Lipinski definition) is 3. The molecule has 0 aliphatic carbocycles. The minimum Gasteiger partial charge on any atom is -0.508 e. The number of carbonyl (C=O) groups is 2. The van der Waals surface area contributed by atoms with Crippen molar-refractivity contribution in [3.05, 3.63) is 65.2 Å². The third-order valence-electron chi connectivity index (χ3n) is 3.83. The summed E-state index contributed by atoms with van der Waals surface area (Å²) in [7, 11) is 0. The van der Waals surface area contributed by atoms with E-state index in [1.165, 1.54) is 6.07 Å². The molecule has 0 aliphatic heterocycles. The molecule has 0 heterocycles. The van der Waals surface area contributed by atoms with Crippen molar-refractivity contribution in [1.82, 2.24) is 5.32 Å². The molecule has 126 valence electrons. The highest BCUT2D eigenvalue weighted by Gasteiger charge is 2.15. The molecule has 0 unspecified atom stereocenters. The summed E-state index contributed by atoms with van der Waals surface area (Å²) in [6, 6.07) is 14.3. The van der Waals surface area contributed by atoms with Crippen LogP contribution in [0.5, 0.6) is 5.75 Å². The first kappa shape index (κ1) is 17.7. The van der Waals surface area contributed by atoms with E-state index in [-0.39, 0.29) is 11.7 Å². The third-order valence-corrected chi connectivity index (χ3v) is 3.83. The summed E-state index contributed by atoms with van der Waals surface area (Å²) < 4.78 is 0. The molecule has 0 saturated carbocycles. The lowest BCUT2D eigenvalue weighted by molar-refractivity contribution is -0.120. The lowest BCUT2D eigenvalue weighted by Gasteiger charge is -2.10. The van der Waals surface area contributed by atoms with Gasteiger partial charge in [0, 0.05) is 12.0 Å². The number of rotatable bonds is 7. The van der Waals surface area contributed by atoms with Crippen LogP contribution in [0.1, 0.15) is 54.1 Å². The molecule has 0 saturated heterocycles. The normalized spacial score (nSPS) is 10.4. The first-order chi connectivity index (χ1) is 11.6. The van der Waals surface area contributed by atoms with Crippen LogP contribution >= 0.6 is 0 Å². The second kappa shape index (κ2) is 8.87. The van der Waals surface area contributed by atoms with Crippen molar-refractivity contribution in [2.45, 2.75) is 39.0 Å². The largest absolute Gasteiger partial charge is 0.508 e. The van der Waals surface area contributed by atoms with Gasteiger partial charge >= 0.3 is 0 Å². The Bertz CT molecular complexity index is 695.